The molecule has 1 unspecified atom stereocenters. The lowest BCUT2D eigenvalue weighted by atomic mass is 10.1. The minimum Gasteiger partial charge on any atom is -0.365 e. The van der Waals surface area contributed by atoms with Crippen LogP contribution in [0.2, 0.25) is 0 Å². The first-order chi connectivity index (χ1) is 9.77. The molecule has 0 radical (unpaired) electrons. The predicted molar refractivity (Wildman–Crippen MR) is 79.1 cm³/mol. The van der Waals surface area contributed by atoms with Crippen LogP contribution in [0.4, 0.5) is 0 Å². The Balaban J connectivity index is 1.87. The molecule has 2 rings (SSSR count). The highest BCUT2D eigenvalue weighted by atomic mass is 16.5. The van der Waals surface area contributed by atoms with Crippen molar-refractivity contribution in [2.75, 3.05) is 26.7 Å². The molecule has 0 saturated carbocycles. The minimum absolute atomic E-state index is 0.0279. The highest BCUT2D eigenvalue weighted by Gasteiger charge is 2.24. The smallest absolute Gasteiger partial charge is 0.252 e. The van der Waals surface area contributed by atoms with Gasteiger partial charge in [-0.25, -0.2) is 0 Å². The molecule has 1 saturated heterocycles. The Hall–Kier alpha value is -1.82. The molecule has 2 amide bonds. The summed E-state index contributed by atoms with van der Waals surface area (Å²) < 4.78 is 7.40. The van der Waals surface area contributed by atoms with Crippen LogP contribution in [0.25, 0.3) is 0 Å². The number of carbonyl (C=O) groups excluding carboxylic acids is 2. The quantitative estimate of drug-likeness (QED) is 0.898. The van der Waals surface area contributed by atoms with Gasteiger partial charge >= 0.3 is 0 Å². The molecule has 1 aliphatic heterocycles. The molecule has 2 heterocycles. The van der Waals surface area contributed by atoms with E-state index in [-0.39, 0.29) is 30.1 Å². The molecule has 0 bridgehead atoms. The molecule has 1 fully saturated rings. The molecule has 1 aliphatic rings. The summed E-state index contributed by atoms with van der Waals surface area (Å²) in [5.41, 5.74) is 0.582. The van der Waals surface area contributed by atoms with E-state index in [0.29, 0.717) is 18.7 Å². The van der Waals surface area contributed by atoms with Gasteiger partial charge < -0.3 is 19.5 Å². The van der Waals surface area contributed by atoms with E-state index in [0.717, 1.165) is 0 Å². The molecule has 0 spiro atoms. The van der Waals surface area contributed by atoms with Crippen molar-refractivity contribution in [1.29, 1.82) is 0 Å². The Morgan fingerprint density at radius 3 is 2.76 bits per heavy atom. The molecule has 116 valence electrons. The van der Waals surface area contributed by atoms with Gasteiger partial charge in [-0.3, -0.25) is 9.59 Å². The number of hydrogen-bond acceptors (Lipinski definition) is 3. The Morgan fingerprint density at radius 1 is 1.48 bits per heavy atom. The van der Waals surface area contributed by atoms with Gasteiger partial charge in [-0.2, -0.15) is 0 Å². The molecule has 21 heavy (non-hydrogen) atoms. The summed E-state index contributed by atoms with van der Waals surface area (Å²) in [6.07, 6.45) is 3.59. The number of hydrogen-bond donors (Lipinski definition) is 1. The predicted octanol–water partition coefficient (Wildman–Crippen LogP) is 0.830. The summed E-state index contributed by atoms with van der Waals surface area (Å²) in [5, 5.41) is 2.85. The van der Waals surface area contributed by atoms with Crippen LogP contribution >= 0.6 is 0 Å². The number of nitrogens with zero attached hydrogens (tertiary/aromatic N) is 2. The van der Waals surface area contributed by atoms with Gasteiger partial charge in [0.25, 0.3) is 5.91 Å². The second-order valence-corrected chi connectivity index (χ2v) is 6.40. The number of amides is 2. The molecule has 1 N–H and O–H groups in total. The van der Waals surface area contributed by atoms with E-state index in [1.807, 2.05) is 17.0 Å². The van der Waals surface area contributed by atoms with Crippen LogP contribution < -0.4 is 5.32 Å². The van der Waals surface area contributed by atoms with Crippen LogP contribution in [0.5, 0.6) is 0 Å². The molecule has 6 nitrogen and oxygen atoms in total. The van der Waals surface area contributed by atoms with Crippen molar-refractivity contribution in [1.82, 2.24) is 14.8 Å². The van der Waals surface area contributed by atoms with E-state index in [1.54, 1.807) is 18.0 Å². The molecule has 1 aromatic rings. The number of rotatable bonds is 3. The molecule has 1 aromatic heterocycles. The number of likely N-dealkylation sites (N-methyl/N-ethyl adjacent to an activating group) is 1. The molecule has 1 atom stereocenters. The number of carbonyl (C=O) groups is 2. The van der Waals surface area contributed by atoms with Crippen LogP contribution in [0, 0.1) is 0 Å². The highest BCUT2D eigenvalue weighted by Crippen LogP contribution is 2.15. The highest BCUT2D eigenvalue weighted by molar-refractivity contribution is 5.94. The second kappa shape index (κ2) is 5.89. The van der Waals surface area contributed by atoms with E-state index in [9.17, 15) is 9.59 Å². The van der Waals surface area contributed by atoms with Crippen molar-refractivity contribution in [2.24, 2.45) is 0 Å². The lowest BCUT2D eigenvalue weighted by molar-refractivity contribution is -0.146. The average molecular weight is 293 g/mol. The fourth-order valence-electron chi connectivity index (χ4n) is 2.14. The molecular weight excluding hydrogens is 270 g/mol. The van der Waals surface area contributed by atoms with Gasteiger partial charge in [0.15, 0.2) is 0 Å². The standard InChI is InChI=1S/C15H23N3O3/c1-15(2,3)18-6-5-11(8-18)14(20)16-7-12-9-17(4)13(19)10-21-12/h5-6,8,12H,7,9-10H2,1-4H3,(H,16,20). The zero-order chi connectivity index (χ0) is 15.6. The maximum Gasteiger partial charge on any atom is 0.252 e. The van der Waals surface area contributed by atoms with Crippen LogP contribution in [-0.4, -0.2) is 54.1 Å². The molecular formula is C15H23N3O3. The third-order valence-corrected chi connectivity index (χ3v) is 3.57. The monoisotopic (exact) mass is 293 g/mol. The van der Waals surface area contributed by atoms with Crippen LogP contribution in [-0.2, 0) is 15.1 Å². The average Bonchev–Trinajstić information content (AvgIpc) is 2.89. The number of morpholine rings is 1. The van der Waals surface area contributed by atoms with Crippen molar-refractivity contribution in [3.8, 4) is 0 Å². The Bertz CT molecular complexity index is 531. The van der Waals surface area contributed by atoms with Crippen molar-refractivity contribution < 1.29 is 14.3 Å². The Morgan fingerprint density at radius 2 is 2.19 bits per heavy atom. The van der Waals surface area contributed by atoms with Gasteiger partial charge in [0, 0.05) is 38.1 Å². The number of aromatic nitrogens is 1. The summed E-state index contributed by atoms with van der Waals surface area (Å²) in [4.78, 5) is 25.0. The number of nitrogens with one attached hydrogen (secondary N) is 1. The number of ether oxygens (including phenoxy) is 1. The molecule has 6 heteroatoms. The van der Waals surface area contributed by atoms with Crippen LogP contribution in [0.3, 0.4) is 0 Å². The molecule has 0 aromatic carbocycles. The van der Waals surface area contributed by atoms with E-state index in [1.165, 1.54) is 0 Å². The SMILES string of the molecule is CN1CC(CNC(=O)c2ccn(C(C)(C)C)c2)OCC1=O. The summed E-state index contributed by atoms with van der Waals surface area (Å²) in [5.74, 6) is -0.152. The molecule has 0 aliphatic carbocycles. The first-order valence-electron chi connectivity index (χ1n) is 7.09. The Kier molecular flexibility index (Phi) is 4.37. The van der Waals surface area contributed by atoms with Gasteiger partial charge in [0.2, 0.25) is 5.91 Å². The van der Waals surface area contributed by atoms with Crippen molar-refractivity contribution in [2.45, 2.75) is 32.4 Å². The van der Waals surface area contributed by atoms with Gasteiger partial charge in [-0.1, -0.05) is 0 Å². The summed E-state index contributed by atoms with van der Waals surface area (Å²) in [7, 11) is 1.74. The summed E-state index contributed by atoms with van der Waals surface area (Å²) >= 11 is 0. The normalized spacial score (nSPS) is 19.7. The lowest BCUT2D eigenvalue weighted by Crippen LogP contribution is -2.48. The lowest BCUT2D eigenvalue weighted by Gasteiger charge is -2.29. The maximum atomic E-state index is 12.1. The van der Waals surface area contributed by atoms with Crippen molar-refractivity contribution >= 4 is 11.8 Å². The van der Waals surface area contributed by atoms with E-state index >= 15 is 0 Å². The van der Waals surface area contributed by atoms with E-state index in [2.05, 4.69) is 26.1 Å². The van der Waals surface area contributed by atoms with Gasteiger partial charge in [-0.05, 0) is 26.8 Å². The zero-order valence-corrected chi connectivity index (χ0v) is 13.0. The Labute approximate surface area is 125 Å². The minimum atomic E-state index is -0.152. The largest absolute Gasteiger partial charge is 0.365 e. The fraction of sp³-hybridized carbons (Fsp3) is 0.600. The third-order valence-electron chi connectivity index (χ3n) is 3.57. The van der Waals surface area contributed by atoms with E-state index in [4.69, 9.17) is 4.74 Å². The van der Waals surface area contributed by atoms with Gasteiger partial charge in [-0.15, -0.1) is 0 Å². The summed E-state index contributed by atoms with van der Waals surface area (Å²) in [6, 6.07) is 1.80. The first-order valence-corrected chi connectivity index (χ1v) is 7.09. The topological polar surface area (TPSA) is 63.6 Å². The van der Waals surface area contributed by atoms with E-state index < -0.39 is 0 Å². The first kappa shape index (κ1) is 15.6. The van der Waals surface area contributed by atoms with Crippen LogP contribution in [0.1, 0.15) is 31.1 Å². The fourth-order valence-corrected chi connectivity index (χ4v) is 2.14. The summed E-state index contributed by atoms with van der Waals surface area (Å²) in [6.45, 7) is 7.23. The van der Waals surface area contributed by atoms with Crippen LogP contribution in [0.15, 0.2) is 18.5 Å². The second-order valence-electron chi connectivity index (χ2n) is 6.40. The van der Waals surface area contributed by atoms with Crippen molar-refractivity contribution in [3.63, 3.8) is 0 Å². The van der Waals surface area contributed by atoms with Gasteiger partial charge in [0.1, 0.15) is 6.61 Å². The van der Waals surface area contributed by atoms with Crippen molar-refractivity contribution in [3.05, 3.63) is 24.0 Å². The third kappa shape index (κ3) is 3.85. The maximum absolute atomic E-state index is 12.1. The van der Waals surface area contributed by atoms with Gasteiger partial charge in [0.05, 0.1) is 11.7 Å². The zero-order valence-electron chi connectivity index (χ0n) is 13.0.